The number of carbonyl (C=O) groups excluding carboxylic acids is 3. The summed E-state index contributed by atoms with van der Waals surface area (Å²) in [5, 5.41) is 9.16. The van der Waals surface area contributed by atoms with Crippen molar-refractivity contribution in [2.24, 2.45) is 17.3 Å². The summed E-state index contributed by atoms with van der Waals surface area (Å²) >= 11 is 5.60. The minimum atomic E-state index is -0.716. The fraction of sp³-hybridized carbons (Fsp3) is 0.639. The molecule has 3 aliphatic heterocycles. The Morgan fingerprint density at radius 3 is 2.29 bits per heavy atom. The van der Waals surface area contributed by atoms with E-state index in [-0.39, 0.29) is 39.8 Å². The van der Waals surface area contributed by atoms with Crippen LogP contribution >= 0.6 is 27.7 Å². The molecule has 3 saturated heterocycles. The van der Waals surface area contributed by atoms with Gasteiger partial charge in [0.1, 0.15) is 6.04 Å². The summed E-state index contributed by atoms with van der Waals surface area (Å²) in [7, 11) is 0. The lowest BCUT2D eigenvalue weighted by Crippen LogP contribution is -2.60. The molecule has 1 N–H and O–H groups in total. The van der Waals surface area contributed by atoms with Crippen LogP contribution in [0.1, 0.15) is 73.1 Å². The van der Waals surface area contributed by atoms with Gasteiger partial charge in [-0.05, 0) is 57.1 Å². The average Bonchev–Trinajstić information content (AvgIpc) is 3.56. The van der Waals surface area contributed by atoms with Gasteiger partial charge in [-0.1, -0.05) is 79.9 Å². The molecule has 1 aromatic rings. The molecule has 3 amide bonds. The van der Waals surface area contributed by atoms with Gasteiger partial charge in [0.05, 0.1) is 16.6 Å². The number of fused-ring (bicyclic) bond motifs is 1. The van der Waals surface area contributed by atoms with Crippen molar-refractivity contribution < 1.29 is 19.5 Å². The summed E-state index contributed by atoms with van der Waals surface area (Å²) in [6, 6.07) is 8.88. The zero-order valence-electron chi connectivity index (χ0n) is 27.7. The predicted octanol–water partition coefficient (Wildman–Crippen LogP) is 6.45. The molecule has 0 saturated carbocycles. The van der Waals surface area contributed by atoms with Gasteiger partial charge >= 0.3 is 0 Å². The number of nitrogens with zero attached hydrogens (tertiary/aromatic N) is 3. The molecule has 7 nitrogen and oxygen atoms in total. The number of hydrogen-bond acceptors (Lipinski definition) is 5. The number of rotatable bonds is 15. The second kappa shape index (κ2) is 14.3. The Hall–Kier alpha value is -2.10. The normalized spacial score (nSPS) is 27.4. The highest BCUT2D eigenvalue weighted by molar-refractivity contribution is 9.09. The minimum Gasteiger partial charge on any atom is -0.396 e. The maximum absolute atomic E-state index is 15.0. The third kappa shape index (κ3) is 7.10. The molecule has 248 valence electrons. The van der Waals surface area contributed by atoms with Crippen LogP contribution in [0.2, 0.25) is 0 Å². The van der Waals surface area contributed by atoms with Crippen LogP contribution in [0.25, 0.3) is 0 Å². The largest absolute Gasteiger partial charge is 0.396 e. The molecule has 2 bridgehead atoms. The summed E-state index contributed by atoms with van der Waals surface area (Å²) in [5.74, 6) is -1.38. The van der Waals surface area contributed by atoms with Crippen molar-refractivity contribution in [3.8, 4) is 0 Å². The van der Waals surface area contributed by atoms with Crippen LogP contribution in [0.3, 0.4) is 0 Å². The van der Waals surface area contributed by atoms with E-state index in [4.69, 9.17) is 0 Å². The van der Waals surface area contributed by atoms with Gasteiger partial charge < -0.3 is 19.8 Å². The topological polar surface area (TPSA) is 81.2 Å². The van der Waals surface area contributed by atoms with Gasteiger partial charge in [-0.2, -0.15) is 0 Å². The number of hydrogen-bond donors (Lipinski definition) is 1. The van der Waals surface area contributed by atoms with Gasteiger partial charge in [0.15, 0.2) is 0 Å². The lowest BCUT2D eigenvalue weighted by Gasteiger charge is -2.46. The van der Waals surface area contributed by atoms with Crippen molar-refractivity contribution in [2.45, 2.75) is 99.5 Å². The Morgan fingerprint density at radius 1 is 1.04 bits per heavy atom. The molecule has 3 fully saturated rings. The Kier molecular flexibility index (Phi) is 11.4. The molecular weight excluding hydrogens is 650 g/mol. The van der Waals surface area contributed by atoms with Crippen molar-refractivity contribution in [3.05, 3.63) is 55.6 Å². The number of likely N-dealkylation sites (tertiary alicyclic amines) is 1. The average molecular weight is 703 g/mol. The summed E-state index contributed by atoms with van der Waals surface area (Å²) in [6.45, 7) is 20.0. The first-order valence-electron chi connectivity index (χ1n) is 16.4. The fourth-order valence-electron chi connectivity index (χ4n) is 8.22. The molecular formula is C36H52BrN3O4S. The van der Waals surface area contributed by atoms with Crippen LogP contribution < -0.4 is 4.90 Å². The van der Waals surface area contributed by atoms with Gasteiger partial charge in [-0.3, -0.25) is 14.4 Å². The number of carbonyl (C=O) groups is 3. The van der Waals surface area contributed by atoms with E-state index < -0.39 is 28.2 Å². The van der Waals surface area contributed by atoms with Gasteiger partial charge in [-0.25, -0.2) is 0 Å². The lowest BCUT2D eigenvalue weighted by molar-refractivity contribution is -0.146. The first-order valence-corrected chi connectivity index (χ1v) is 18.2. The summed E-state index contributed by atoms with van der Waals surface area (Å²) in [6.07, 6.45) is 8.10. The summed E-state index contributed by atoms with van der Waals surface area (Å²) < 4.78 is -0.716. The molecule has 6 atom stereocenters. The quantitative estimate of drug-likeness (QED) is 0.129. The summed E-state index contributed by atoms with van der Waals surface area (Å²) in [5.41, 5.74) is 0.273. The Balaban J connectivity index is 1.77. The van der Waals surface area contributed by atoms with E-state index in [2.05, 4.69) is 63.7 Å². The number of aliphatic hydroxyl groups is 1. The van der Waals surface area contributed by atoms with Crippen molar-refractivity contribution in [2.75, 3.05) is 31.1 Å². The molecule has 3 heterocycles. The van der Waals surface area contributed by atoms with Crippen LogP contribution in [0, 0.1) is 17.3 Å². The van der Waals surface area contributed by atoms with E-state index in [9.17, 15) is 14.7 Å². The van der Waals surface area contributed by atoms with Gasteiger partial charge in [0.2, 0.25) is 17.7 Å². The van der Waals surface area contributed by atoms with E-state index in [0.29, 0.717) is 26.1 Å². The molecule has 0 aromatic heterocycles. The van der Waals surface area contributed by atoms with E-state index in [1.807, 2.05) is 40.1 Å². The number of benzene rings is 1. The Labute approximate surface area is 283 Å². The number of thioether (sulfide) groups is 1. The van der Waals surface area contributed by atoms with Gasteiger partial charge in [-0.15, -0.1) is 24.9 Å². The molecule has 0 aliphatic carbocycles. The number of halogens is 1. The van der Waals surface area contributed by atoms with Crippen LogP contribution in [0.15, 0.2) is 55.6 Å². The highest BCUT2D eigenvalue weighted by Crippen LogP contribution is 2.68. The van der Waals surface area contributed by atoms with Crippen molar-refractivity contribution >= 4 is 51.1 Å². The molecule has 3 unspecified atom stereocenters. The number of para-hydroxylation sites is 1. The maximum Gasteiger partial charge on any atom is 0.247 e. The molecule has 4 rings (SSSR count). The number of aliphatic hydroxyl groups excluding tert-OH is 1. The Bertz CT molecular complexity index is 1250. The predicted molar refractivity (Wildman–Crippen MR) is 189 cm³/mol. The third-order valence-electron chi connectivity index (χ3n) is 9.53. The molecule has 3 aliphatic rings. The molecule has 9 heteroatoms. The summed E-state index contributed by atoms with van der Waals surface area (Å²) in [4.78, 5) is 49.8. The van der Waals surface area contributed by atoms with Crippen molar-refractivity contribution in [1.82, 2.24) is 9.80 Å². The third-order valence-corrected chi connectivity index (χ3v) is 12.8. The maximum atomic E-state index is 15.0. The standard InChI is InChI=1S/C36H52BrN3O4S/c1-8-19-38(25-17-13-12-14-18-25)31(42)27-28-32(43)39(21-15-10-11-16-22-41)30(36(28)23-26(37)29(27)45-36)33(44)40(20-9-2)35(6,7)24-34(3,4)5/h8-9,12-14,17-18,26-30,41H,1-2,10-11,15-16,19-24H2,3-7H3/t26?,27-,28+,29-,30?,36?/m1/s1. The molecule has 1 spiro atoms. The monoisotopic (exact) mass is 701 g/mol. The lowest BCUT2D eigenvalue weighted by atomic mass is 9.70. The van der Waals surface area contributed by atoms with E-state index in [1.54, 1.807) is 28.8 Å². The van der Waals surface area contributed by atoms with Gasteiger partial charge in [0, 0.05) is 47.5 Å². The molecule has 0 radical (unpaired) electrons. The Morgan fingerprint density at radius 2 is 1.69 bits per heavy atom. The number of amides is 3. The molecule has 1 aromatic carbocycles. The number of alkyl halides is 1. The van der Waals surface area contributed by atoms with Crippen LogP contribution in [-0.2, 0) is 14.4 Å². The van der Waals surface area contributed by atoms with Gasteiger partial charge in [0.25, 0.3) is 0 Å². The number of anilines is 1. The smallest absolute Gasteiger partial charge is 0.247 e. The van der Waals surface area contributed by atoms with Crippen LogP contribution in [0.5, 0.6) is 0 Å². The SMILES string of the molecule is C=CCN(C(=O)[C@H]1[C@@H]2SC3(CC2Br)C(C(=O)N(CC=C)C(C)(C)CC(C)(C)C)N(CCCCCCO)C(=O)[C@H]13)c1ccccc1. The minimum absolute atomic E-state index is 0.00269. The van der Waals surface area contributed by atoms with E-state index in [0.717, 1.165) is 37.8 Å². The second-order valence-electron chi connectivity index (χ2n) is 14.7. The fourth-order valence-corrected chi connectivity index (χ4v) is 11.8. The van der Waals surface area contributed by atoms with E-state index >= 15 is 4.79 Å². The highest BCUT2D eigenvalue weighted by atomic mass is 79.9. The van der Waals surface area contributed by atoms with E-state index in [1.165, 1.54) is 0 Å². The van der Waals surface area contributed by atoms with Crippen LogP contribution in [-0.4, -0.2) is 85.3 Å². The van der Waals surface area contributed by atoms with Crippen molar-refractivity contribution in [3.63, 3.8) is 0 Å². The van der Waals surface area contributed by atoms with Crippen LogP contribution in [0.4, 0.5) is 5.69 Å². The second-order valence-corrected chi connectivity index (χ2v) is 17.4. The zero-order chi connectivity index (χ0) is 33.2. The molecule has 45 heavy (non-hydrogen) atoms. The number of unbranched alkanes of at least 4 members (excludes halogenated alkanes) is 3. The first-order chi connectivity index (χ1) is 21.2. The zero-order valence-corrected chi connectivity index (χ0v) is 30.1. The highest BCUT2D eigenvalue weighted by Gasteiger charge is 2.76. The van der Waals surface area contributed by atoms with Crippen molar-refractivity contribution in [1.29, 1.82) is 0 Å². The first kappa shape index (κ1) is 35.7.